The van der Waals surface area contributed by atoms with Gasteiger partial charge in [-0.3, -0.25) is 0 Å². The molecule has 0 bridgehead atoms. The molecular formula is C16H25ClN2O. The predicted octanol–water partition coefficient (Wildman–Crippen LogP) is 3.31. The van der Waals surface area contributed by atoms with Gasteiger partial charge in [-0.05, 0) is 31.0 Å². The molecule has 0 amide bonds. The molecule has 112 valence electrons. The quantitative estimate of drug-likeness (QED) is 0.902. The van der Waals surface area contributed by atoms with E-state index in [4.69, 9.17) is 16.3 Å². The van der Waals surface area contributed by atoms with Crippen molar-refractivity contribution in [2.45, 2.75) is 26.8 Å². The summed E-state index contributed by atoms with van der Waals surface area (Å²) in [6, 6.07) is 6.19. The van der Waals surface area contributed by atoms with Gasteiger partial charge in [0.05, 0.1) is 6.61 Å². The largest absolute Gasteiger partial charge is 0.380 e. The van der Waals surface area contributed by atoms with Crippen LogP contribution >= 0.6 is 11.6 Å². The molecule has 1 aromatic carbocycles. The van der Waals surface area contributed by atoms with Crippen LogP contribution in [0.1, 0.15) is 25.8 Å². The van der Waals surface area contributed by atoms with E-state index in [1.807, 2.05) is 12.1 Å². The molecule has 4 heteroatoms. The number of anilines is 1. The standard InChI is InChI=1S/C16H25ClN2O/c1-13(2)11-18-12-14-15(17)5-3-6-16(14)19-7-4-9-20-10-8-19/h3,5-6,13,18H,4,7-12H2,1-2H3. The maximum atomic E-state index is 6.41. The number of nitrogens with one attached hydrogen (secondary N) is 1. The van der Waals surface area contributed by atoms with Gasteiger partial charge >= 0.3 is 0 Å². The number of benzene rings is 1. The molecule has 0 radical (unpaired) electrons. The third-order valence-electron chi connectivity index (χ3n) is 3.51. The Morgan fingerprint density at radius 1 is 1.30 bits per heavy atom. The van der Waals surface area contributed by atoms with Gasteiger partial charge in [0.1, 0.15) is 0 Å². The van der Waals surface area contributed by atoms with Crippen LogP contribution < -0.4 is 10.2 Å². The monoisotopic (exact) mass is 296 g/mol. The summed E-state index contributed by atoms with van der Waals surface area (Å²) in [4.78, 5) is 2.39. The van der Waals surface area contributed by atoms with Crippen molar-refractivity contribution in [1.82, 2.24) is 5.32 Å². The first-order chi connectivity index (χ1) is 9.68. The molecule has 0 saturated carbocycles. The highest BCUT2D eigenvalue weighted by molar-refractivity contribution is 6.31. The summed E-state index contributed by atoms with van der Waals surface area (Å²) in [7, 11) is 0. The summed E-state index contributed by atoms with van der Waals surface area (Å²) in [5, 5.41) is 4.35. The fourth-order valence-electron chi connectivity index (χ4n) is 2.49. The molecule has 1 aliphatic rings. The molecule has 2 rings (SSSR count). The second-order valence-electron chi connectivity index (χ2n) is 5.72. The number of nitrogens with zero attached hydrogens (tertiary/aromatic N) is 1. The topological polar surface area (TPSA) is 24.5 Å². The number of halogens is 1. The van der Waals surface area contributed by atoms with Crippen molar-refractivity contribution in [2.24, 2.45) is 5.92 Å². The maximum absolute atomic E-state index is 6.41. The van der Waals surface area contributed by atoms with Crippen molar-refractivity contribution in [3.05, 3.63) is 28.8 Å². The fraction of sp³-hybridized carbons (Fsp3) is 0.625. The van der Waals surface area contributed by atoms with Gasteiger partial charge in [-0.15, -0.1) is 0 Å². The highest BCUT2D eigenvalue weighted by Crippen LogP contribution is 2.28. The number of hydrogen-bond acceptors (Lipinski definition) is 3. The van der Waals surface area contributed by atoms with Crippen molar-refractivity contribution in [2.75, 3.05) is 37.7 Å². The van der Waals surface area contributed by atoms with Crippen LogP contribution in [-0.4, -0.2) is 32.8 Å². The lowest BCUT2D eigenvalue weighted by Crippen LogP contribution is -2.28. The summed E-state index contributed by atoms with van der Waals surface area (Å²) in [6.45, 7) is 9.90. The molecular weight excluding hydrogens is 272 g/mol. The second kappa shape index (κ2) is 7.87. The molecule has 1 heterocycles. The highest BCUT2D eigenvalue weighted by Gasteiger charge is 2.15. The number of rotatable bonds is 5. The van der Waals surface area contributed by atoms with Crippen LogP contribution in [0.15, 0.2) is 18.2 Å². The lowest BCUT2D eigenvalue weighted by Gasteiger charge is -2.26. The van der Waals surface area contributed by atoms with Crippen LogP contribution in [0.4, 0.5) is 5.69 Å². The Bertz CT molecular complexity index is 415. The summed E-state index contributed by atoms with van der Waals surface area (Å²) in [6.07, 6.45) is 1.07. The SMILES string of the molecule is CC(C)CNCc1c(Cl)cccc1N1CCCOCC1. The minimum absolute atomic E-state index is 0.646. The molecule has 1 aliphatic heterocycles. The van der Waals surface area contributed by atoms with Crippen molar-refractivity contribution < 1.29 is 4.74 Å². The molecule has 0 aromatic heterocycles. The van der Waals surface area contributed by atoms with E-state index in [1.165, 1.54) is 11.3 Å². The van der Waals surface area contributed by atoms with Crippen molar-refractivity contribution in [1.29, 1.82) is 0 Å². The first-order valence-electron chi connectivity index (χ1n) is 7.49. The molecule has 0 spiro atoms. The second-order valence-corrected chi connectivity index (χ2v) is 6.12. The molecule has 20 heavy (non-hydrogen) atoms. The van der Waals surface area contributed by atoms with E-state index in [1.54, 1.807) is 0 Å². The third kappa shape index (κ3) is 4.37. The zero-order valence-corrected chi connectivity index (χ0v) is 13.2. The van der Waals surface area contributed by atoms with Gasteiger partial charge in [-0.2, -0.15) is 0 Å². The van der Waals surface area contributed by atoms with E-state index in [0.29, 0.717) is 5.92 Å². The smallest absolute Gasteiger partial charge is 0.0641 e. The Balaban J connectivity index is 2.12. The van der Waals surface area contributed by atoms with Crippen LogP contribution in [0.25, 0.3) is 0 Å². The van der Waals surface area contributed by atoms with Gasteiger partial charge in [-0.25, -0.2) is 0 Å². The molecule has 1 fully saturated rings. The first-order valence-corrected chi connectivity index (χ1v) is 7.87. The summed E-state index contributed by atoms with van der Waals surface area (Å²) >= 11 is 6.41. The molecule has 1 saturated heterocycles. The molecule has 1 N–H and O–H groups in total. The molecule has 0 atom stereocenters. The van der Waals surface area contributed by atoms with E-state index in [0.717, 1.165) is 50.8 Å². The van der Waals surface area contributed by atoms with Gasteiger partial charge < -0.3 is 15.0 Å². The average Bonchev–Trinajstić information content (AvgIpc) is 2.69. The fourth-order valence-corrected chi connectivity index (χ4v) is 2.73. The van der Waals surface area contributed by atoms with Crippen LogP contribution in [0.2, 0.25) is 5.02 Å². The Labute approximate surface area is 127 Å². The van der Waals surface area contributed by atoms with Crippen molar-refractivity contribution >= 4 is 17.3 Å². The zero-order chi connectivity index (χ0) is 14.4. The number of hydrogen-bond donors (Lipinski definition) is 1. The van der Waals surface area contributed by atoms with E-state index in [2.05, 4.69) is 30.1 Å². The number of ether oxygens (including phenoxy) is 1. The third-order valence-corrected chi connectivity index (χ3v) is 3.87. The van der Waals surface area contributed by atoms with Gasteiger partial charge in [0.15, 0.2) is 0 Å². The van der Waals surface area contributed by atoms with Crippen LogP contribution in [0.5, 0.6) is 0 Å². The Morgan fingerprint density at radius 3 is 2.95 bits per heavy atom. The van der Waals surface area contributed by atoms with Crippen LogP contribution in [-0.2, 0) is 11.3 Å². The van der Waals surface area contributed by atoms with Crippen LogP contribution in [0.3, 0.4) is 0 Å². The van der Waals surface area contributed by atoms with Gasteiger partial charge in [-0.1, -0.05) is 31.5 Å². The minimum Gasteiger partial charge on any atom is -0.380 e. The van der Waals surface area contributed by atoms with Gasteiger partial charge in [0.25, 0.3) is 0 Å². The van der Waals surface area contributed by atoms with Gasteiger partial charge in [0.2, 0.25) is 0 Å². The lowest BCUT2D eigenvalue weighted by atomic mass is 10.1. The lowest BCUT2D eigenvalue weighted by molar-refractivity contribution is 0.152. The summed E-state index contributed by atoms with van der Waals surface area (Å²) in [5.74, 6) is 0.646. The zero-order valence-electron chi connectivity index (χ0n) is 12.5. The Kier molecular flexibility index (Phi) is 6.14. The Hall–Kier alpha value is -0.770. The molecule has 1 aromatic rings. The van der Waals surface area contributed by atoms with Gasteiger partial charge in [0, 0.05) is 42.5 Å². The normalized spacial score (nSPS) is 16.5. The van der Waals surface area contributed by atoms with E-state index >= 15 is 0 Å². The van der Waals surface area contributed by atoms with Crippen LogP contribution in [0, 0.1) is 5.92 Å². The first kappa shape index (κ1) is 15.6. The van der Waals surface area contributed by atoms with Crippen molar-refractivity contribution in [3.63, 3.8) is 0 Å². The Morgan fingerprint density at radius 2 is 2.15 bits per heavy atom. The maximum Gasteiger partial charge on any atom is 0.0641 e. The molecule has 0 unspecified atom stereocenters. The highest BCUT2D eigenvalue weighted by atomic mass is 35.5. The van der Waals surface area contributed by atoms with E-state index < -0.39 is 0 Å². The minimum atomic E-state index is 0.646. The van der Waals surface area contributed by atoms with Crippen molar-refractivity contribution in [3.8, 4) is 0 Å². The summed E-state index contributed by atoms with van der Waals surface area (Å²) < 4.78 is 5.54. The molecule has 3 nitrogen and oxygen atoms in total. The predicted molar refractivity (Wildman–Crippen MR) is 85.6 cm³/mol. The summed E-state index contributed by atoms with van der Waals surface area (Å²) in [5.41, 5.74) is 2.45. The van der Waals surface area contributed by atoms with E-state index in [-0.39, 0.29) is 0 Å². The average molecular weight is 297 g/mol. The molecule has 0 aliphatic carbocycles. The van der Waals surface area contributed by atoms with E-state index in [9.17, 15) is 0 Å².